The molecule has 17 N–H and O–H groups in total. The Bertz CT molecular complexity index is 3610. The van der Waals surface area contributed by atoms with Crippen molar-refractivity contribution in [2.24, 2.45) is 0 Å². The van der Waals surface area contributed by atoms with Crippen LogP contribution in [-0.4, -0.2) is 377 Å². The van der Waals surface area contributed by atoms with Crippen LogP contribution in [0.5, 0.6) is 0 Å². The van der Waals surface area contributed by atoms with Gasteiger partial charge in [-0.15, -0.1) is 0 Å². The van der Waals surface area contributed by atoms with E-state index in [4.69, 9.17) is 75.8 Å². The fourth-order valence-corrected chi connectivity index (χ4v) is 15.2. The Morgan fingerprint density at radius 1 is 0.331 bits per heavy atom. The summed E-state index contributed by atoms with van der Waals surface area (Å²) < 4.78 is 249. The maximum Gasteiger partial charge on any atom is 0.397 e. The molecule has 8 aliphatic rings. The van der Waals surface area contributed by atoms with Crippen molar-refractivity contribution >= 4 is 65.2 Å². The summed E-state index contributed by atoms with van der Waals surface area (Å²) in [5.41, 5.74) is 0. The number of unbranched alkanes of at least 4 members (excludes halogenated alkanes) is 2. The number of nitrogens with one attached hydrogen (secondary N) is 4. The molecule has 0 bridgehead atoms. The van der Waals surface area contributed by atoms with Crippen LogP contribution in [0, 0.1) is 0 Å². The minimum absolute atomic E-state index is 0.0123. The molecule has 0 aromatic rings. The standard InChI is InChI=1S/C65H112N4O45S4/c1-6-11-12-17-95-62-50(66-42(75)13-7-2)54(79)58(38(107-62)26-100-115(83,84)85)112-47-19-31(71)35(23-97-47)105-64-52(68-44(77)15-9-4)56(81)60(40(109-64)28-102-117(89,90)91)114-49-21-33(73)37(25-99-49)106-65-53(69-45(78)16-10-5)57(82)61(41(110-65)29-103-118(92,93)94)113-48-20-32(72)36(24-98-48)104-63-51(67-43(76)14-8-3)55(80)59(39(108-63)27-101-116(86,87)88)111-46-18-30(70)34(74)22-96-46/h30-41,46-65,70-74,79-82H,6-29H2,1-5H3,(H,66,75)(H,67,76)(H,68,77)(H,69,78)(H,83,84,85)(H,86,87,88)(H,89,90,91)(H,92,93,94)/t30-,31-,32-,33-,34+,35-,36-,37-,38?,39?,40?,41?,46-,47-,48-,49-,50?,51?,52?,53?,54+,55+,56+,57+,58+,59+,60+,61+,62+,63+,64+,65+/m0/s1. The lowest BCUT2D eigenvalue weighted by Crippen LogP contribution is -2.68. The van der Waals surface area contributed by atoms with E-state index in [0.717, 1.165) is 12.8 Å². The molecule has 0 aliphatic carbocycles. The smallest absolute Gasteiger partial charge is 0.390 e. The van der Waals surface area contributed by atoms with Crippen LogP contribution < -0.4 is 21.3 Å². The molecule has 0 aromatic carbocycles. The second kappa shape index (κ2) is 46.0. The maximum absolute atomic E-state index is 13.5. The summed E-state index contributed by atoms with van der Waals surface area (Å²) in [7, 11) is -21.0. The molecule has 53 heteroatoms. The third-order valence-corrected chi connectivity index (χ3v) is 21.6. The fraction of sp³-hybridized carbons (Fsp3) is 0.938. The Morgan fingerprint density at radius 2 is 0.585 bits per heavy atom. The Morgan fingerprint density at radius 3 is 0.831 bits per heavy atom. The van der Waals surface area contributed by atoms with Gasteiger partial charge < -0.3 is 143 Å². The first-order valence-electron chi connectivity index (χ1n) is 38.6. The number of aliphatic hydroxyl groups excluding tert-OH is 9. The van der Waals surface area contributed by atoms with Gasteiger partial charge in [0.1, 0.15) is 122 Å². The van der Waals surface area contributed by atoms with Gasteiger partial charge in [0, 0.05) is 58.0 Å². The first kappa shape index (κ1) is 99.8. The molecular formula is C65H112N4O45S4. The van der Waals surface area contributed by atoms with Crippen molar-refractivity contribution in [2.45, 2.75) is 327 Å². The number of carbonyl (C=O) groups excluding carboxylic acids is 4. The van der Waals surface area contributed by atoms with Crippen molar-refractivity contribution in [1.29, 1.82) is 0 Å². The van der Waals surface area contributed by atoms with Gasteiger partial charge in [-0.1, -0.05) is 47.5 Å². The number of carbonyl (C=O) groups is 4. The number of ether oxygens (including phenoxy) is 16. The molecule has 8 saturated heterocycles. The van der Waals surface area contributed by atoms with E-state index in [2.05, 4.69) is 38.0 Å². The van der Waals surface area contributed by atoms with Crippen LogP contribution in [0.25, 0.3) is 0 Å². The molecule has 4 amide bonds. The Labute approximate surface area is 680 Å². The van der Waals surface area contributed by atoms with Crippen molar-refractivity contribution in [3.05, 3.63) is 0 Å². The molecule has 8 aliphatic heterocycles. The van der Waals surface area contributed by atoms with E-state index in [9.17, 15) is 117 Å². The lowest BCUT2D eigenvalue weighted by Gasteiger charge is -2.48. The first-order valence-corrected chi connectivity index (χ1v) is 44.1. The van der Waals surface area contributed by atoms with Gasteiger partial charge in [0.15, 0.2) is 50.3 Å². The molecule has 686 valence electrons. The molecule has 8 rings (SSSR count). The van der Waals surface area contributed by atoms with E-state index < -0.39 is 334 Å². The van der Waals surface area contributed by atoms with Gasteiger partial charge in [0.05, 0.1) is 77.3 Å². The van der Waals surface area contributed by atoms with Gasteiger partial charge in [-0.3, -0.25) is 37.4 Å². The monoisotopic (exact) mass is 1800 g/mol. The second-order valence-electron chi connectivity index (χ2n) is 29.2. The van der Waals surface area contributed by atoms with Crippen molar-refractivity contribution in [2.75, 3.05) is 59.5 Å². The number of amides is 4. The van der Waals surface area contributed by atoms with Crippen molar-refractivity contribution in [3.63, 3.8) is 0 Å². The molecule has 0 saturated carbocycles. The van der Waals surface area contributed by atoms with Crippen molar-refractivity contribution in [1.82, 2.24) is 21.3 Å². The molecule has 0 aromatic heterocycles. The molecule has 0 radical (unpaired) electrons. The first-order chi connectivity index (χ1) is 55.6. The predicted octanol–water partition coefficient (Wildman–Crippen LogP) is -6.56. The Hall–Kier alpha value is -3.64. The summed E-state index contributed by atoms with van der Waals surface area (Å²) in [6.45, 7) is 1.78. The highest BCUT2D eigenvalue weighted by Crippen LogP contribution is 2.38. The molecular weight excluding hydrogens is 1680 g/mol. The normalized spacial score (nSPS) is 38.6. The highest BCUT2D eigenvalue weighted by molar-refractivity contribution is 7.81. The van der Waals surface area contributed by atoms with Crippen LogP contribution in [-0.2, 0) is 153 Å². The lowest BCUT2D eigenvalue weighted by molar-refractivity contribution is -0.352. The zero-order valence-electron chi connectivity index (χ0n) is 65.0. The molecule has 0 spiro atoms. The summed E-state index contributed by atoms with van der Waals surface area (Å²) >= 11 is 0. The van der Waals surface area contributed by atoms with Crippen molar-refractivity contribution < 1.29 is 210 Å². The summed E-state index contributed by atoms with van der Waals surface area (Å²) in [6, 6.07) is -6.43. The number of hydrogen-bond donors (Lipinski definition) is 17. The summed E-state index contributed by atoms with van der Waals surface area (Å²) in [6.07, 6.45) is -47.0. The fourth-order valence-electron chi connectivity index (χ4n) is 14.0. The maximum atomic E-state index is 13.5. The molecule has 118 heavy (non-hydrogen) atoms. The van der Waals surface area contributed by atoms with Gasteiger partial charge in [0.25, 0.3) is 0 Å². The lowest BCUT2D eigenvalue weighted by atomic mass is 9.95. The number of rotatable bonds is 43. The topological polar surface area (TPSA) is 701 Å². The predicted molar refractivity (Wildman–Crippen MR) is 383 cm³/mol. The Kier molecular flexibility index (Phi) is 38.9. The van der Waals surface area contributed by atoms with E-state index in [1.54, 1.807) is 27.7 Å². The SMILES string of the molecule is CCCCCO[C@@H]1OC(COS(=O)(=O)O)[C@@H](O[C@H]2C[C@H](O)[C@@H](O[C@@H]3OC(COS(=O)(=O)O)[C@@H](O[C@H]4C[C@H](O)[C@@H](O[C@@H]5OC(COS(=O)(=O)O)[C@@H](O[C@H]6C[C@H](O)[C@@H](O[C@@H]7OC(COS(=O)(=O)O)[C@@H](O[C@H]8C[C@H](O)[C@H](O)CO8)[C@H](O)C7NC(=O)CCC)CO6)[C@H](O)C5NC(=O)CCC)CO4)[C@H](O)C3NC(=O)CCC)CO2)[C@H](O)C1NC(=O)CCC. The van der Waals surface area contributed by atoms with Crippen LogP contribution in [0.2, 0.25) is 0 Å². The highest BCUT2D eigenvalue weighted by Gasteiger charge is 2.57. The van der Waals surface area contributed by atoms with Crippen LogP contribution in [0.3, 0.4) is 0 Å². The molecule has 8 fully saturated rings. The van der Waals surface area contributed by atoms with Gasteiger partial charge in [-0.25, -0.2) is 16.7 Å². The summed E-state index contributed by atoms with van der Waals surface area (Å²) in [4.78, 5) is 53.0. The zero-order valence-corrected chi connectivity index (χ0v) is 68.2. The average Bonchev–Trinajstić information content (AvgIpc) is 0.792. The van der Waals surface area contributed by atoms with Gasteiger partial charge in [-0.2, -0.15) is 33.7 Å². The third kappa shape index (κ3) is 30.3. The number of aliphatic hydroxyl groups is 9. The zero-order chi connectivity index (χ0) is 86.7. The molecule has 49 nitrogen and oxygen atoms in total. The van der Waals surface area contributed by atoms with E-state index in [1.807, 2.05) is 6.92 Å². The van der Waals surface area contributed by atoms with Crippen molar-refractivity contribution in [3.8, 4) is 0 Å². The summed E-state index contributed by atoms with van der Waals surface area (Å²) in [5, 5.41) is 114. The molecule has 8 unspecified atom stereocenters. The largest absolute Gasteiger partial charge is 0.397 e. The molecule has 32 atom stereocenters. The number of hydrogen-bond acceptors (Lipinski definition) is 41. The van der Waals surface area contributed by atoms with Gasteiger partial charge >= 0.3 is 41.6 Å². The Balaban J connectivity index is 0.950. The second-order valence-corrected chi connectivity index (χ2v) is 33.6. The van der Waals surface area contributed by atoms with Crippen LogP contribution in [0.1, 0.15) is 131 Å². The summed E-state index contributed by atoms with van der Waals surface area (Å²) in [5.74, 6) is -2.65. The molecule has 8 heterocycles. The van der Waals surface area contributed by atoms with E-state index in [1.165, 1.54) is 0 Å². The minimum Gasteiger partial charge on any atom is -0.390 e. The van der Waals surface area contributed by atoms with Gasteiger partial charge in [-0.05, 0) is 32.1 Å². The van der Waals surface area contributed by atoms with E-state index in [0.29, 0.717) is 19.3 Å². The van der Waals surface area contributed by atoms with Crippen LogP contribution in [0.15, 0.2) is 0 Å². The third-order valence-electron chi connectivity index (χ3n) is 19.9. The van der Waals surface area contributed by atoms with Gasteiger partial charge in [0.2, 0.25) is 23.6 Å². The minimum atomic E-state index is -5.35. The van der Waals surface area contributed by atoms with E-state index >= 15 is 0 Å². The van der Waals surface area contributed by atoms with Crippen LogP contribution >= 0.6 is 0 Å². The quantitative estimate of drug-likeness (QED) is 0.0199. The highest BCUT2D eigenvalue weighted by atomic mass is 32.3. The average molecular weight is 1800 g/mol. The van der Waals surface area contributed by atoms with Crippen LogP contribution in [0.4, 0.5) is 0 Å². The van der Waals surface area contributed by atoms with E-state index in [-0.39, 0.29) is 51.6 Å².